The summed E-state index contributed by atoms with van der Waals surface area (Å²) in [5.41, 5.74) is 2.78. The highest BCUT2D eigenvalue weighted by atomic mass is 127. The van der Waals surface area contributed by atoms with Gasteiger partial charge in [-0.1, -0.05) is 24.3 Å². The van der Waals surface area contributed by atoms with Gasteiger partial charge in [0.15, 0.2) is 11.6 Å². The molecule has 0 spiro atoms. The lowest BCUT2D eigenvalue weighted by atomic mass is 10.1. The Morgan fingerprint density at radius 2 is 1.86 bits per heavy atom. The Balaban J connectivity index is 1.85. The molecule has 0 saturated carbocycles. The van der Waals surface area contributed by atoms with Crippen molar-refractivity contribution in [1.82, 2.24) is 9.78 Å². The number of hydrogen-bond acceptors (Lipinski definition) is 1. The largest absolute Gasteiger partial charge is 0.268 e. The topological polar surface area (TPSA) is 17.8 Å². The maximum absolute atomic E-state index is 13.2. The summed E-state index contributed by atoms with van der Waals surface area (Å²) in [5.74, 6) is -1.67. The second kappa shape index (κ2) is 5.93. The lowest BCUT2D eigenvalue weighted by Crippen LogP contribution is -2.00. The summed E-state index contributed by atoms with van der Waals surface area (Å²) in [5, 5.41) is 4.28. The predicted molar refractivity (Wildman–Crippen MR) is 85.8 cm³/mol. The molecule has 21 heavy (non-hydrogen) atoms. The van der Waals surface area contributed by atoms with Crippen molar-refractivity contribution in [2.45, 2.75) is 6.54 Å². The maximum Gasteiger partial charge on any atom is 0.159 e. The van der Waals surface area contributed by atoms with E-state index in [2.05, 4.69) is 27.7 Å². The van der Waals surface area contributed by atoms with E-state index < -0.39 is 11.6 Å². The van der Waals surface area contributed by atoms with Crippen molar-refractivity contribution in [3.63, 3.8) is 0 Å². The monoisotopic (exact) mass is 396 g/mol. The van der Waals surface area contributed by atoms with E-state index in [1.54, 1.807) is 16.9 Å². The SMILES string of the molecule is Fc1ccc(Cn2cc(-c3ccccc3I)cn2)cc1F. The molecule has 0 N–H and O–H groups in total. The lowest BCUT2D eigenvalue weighted by Gasteiger charge is -2.03. The van der Waals surface area contributed by atoms with Crippen LogP contribution in [0.25, 0.3) is 11.1 Å². The van der Waals surface area contributed by atoms with Gasteiger partial charge in [-0.25, -0.2) is 8.78 Å². The van der Waals surface area contributed by atoms with Crippen LogP contribution in [0.5, 0.6) is 0 Å². The number of hydrogen-bond donors (Lipinski definition) is 0. The zero-order valence-corrected chi connectivity index (χ0v) is 13.1. The summed E-state index contributed by atoms with van der Waals surface area (Å²) < 4.78 is 29.0. The molecule has 0 aliphatic carbocycles. The van der Waals surface area contributed by atoms with Gasteiger partial charge in [0.2, 0.25) is 0 Å². The molecule has 1 aromatic heterocycles. The Morgan fingerprint density at radius 1 is 1.05 bits per heavy atom. The average molecular weight is 396 g/mol. The van der Waals surface area contributed by atoms with E-state index in [-0.39, 0.29) is 0 Å². The predicted octanol–water partition coefficient (Wildman–Crippen LogP) is 4.48. The first-order chi connectivity index (χ1) is 10.1. The van der Waals surface area contributed by atoms with E-state index in [1.165, 1.54) is 6.07 Å². The Hall–Kier alpha value is -1.76. The zero-order chi connectivity index (χ0) is 14.8. The molecule has 2 aromatic carbocycles. The van der Waals surface area contributed by atoms with E-state index in [1.807, 2.05) is 30.5 Å². The van der Waals surface area contributed by atoms with Crippen molar-refractivity contribution < 1.29 is 8.78 Å². The van der Waals surface area contributed by atoms with Crippen molar-refractivity contribution in [3.8, 4) is 11.1 Å². The fourth-order valence-corrected chi connectivity index (χ4v) is 2.81. The molecule has 0 saturated heterocycles. The van der Waals surface area contributed by atoms with Gasteiger partial charge in [0.1, 0.15) is 0 Å². The smallest absolute Gasteiger partial charge is 0.159 e. The van der Waals surface area contributed by atoms with Gasteiger partial charge in [0, 0.05) is 15.3 Å². The molecule has 0 unspecified atom stereocenters. The van der Waals surface area contributed by atoms with Crippen molar-refractivity contribution in [3.05, 3.63) is 75.6 Å². The molecule has 0 bridgehead atoms. The second-order valence-electron chi connectivity index (χ2n) is 4.65. The van der Waals surface area contributed by atoms with E-state index >= 15 is 0 Å². The summed E-state index contributed by atoms with van der Waals surface area (Å²) in [6, 6.07) is 11.9. The summed E-state index contributed by atoms with van der Waals surface area (Å²) in [4.78, 5) is 0. The maximum atomic E-state index is 13.2. The minimum Gasteiger partial charge on any atom is -0.268 e. The molecule has 3 rings (SSSR count). The van der Waals surface area contributed by atoms with Gasteiger partial charge in [-0.15, -0.1) is 0 Å². The number of halogens is 3. The minimum absolute atomic E-state index is 0.403. The molecule has 0 atom stereocenters. The summed E-state index contributed by atoms with van der Waals surface area (Å²) in [7, 11) is 0. The van der Waals surface area contributed by atoms with Crippen LogP contribution in [0, 0.1) is 15.2 Å². The highest BCUT2D eigenvalue weighted by Crippen LogP contribution is 2.24. The fraction of sp³-hybridized carbons (Fsp3) is 0.0625. The van der Waals surface area contributed by atoms with E-state index in [9.17, 15) is 8.78 Å². The van der Waals surface area contributed by atoms with Gasteiger partial charge < -0.3 is 0 Å². The van der Waals surface area contributed by atoms with Crippen LogP contribution in [-0.2, 0) is 6.54 Å². The first kappa shape index (κ1) is 14.2. The first-order valence-electron chi connectivity index (χ1n) is 6.35. The van der Waals surface area contributed by atoms with E-state index in [0.717, 1.165) is 20.8 Å². The molecule has 0 fully saturated rings. The second-order valence-corrected chi connectivity index (χ2v) is 5.82. The van der Waals surface area contributed by atoms with Gasteiger partial charge in [0.25, 0.3) is 0 Å². The molecule has 0 radical (unpaired) electrons. The summed E-state index contributed by atoms with van der Waals surface area (Å²) >= 11 is 2.28. The molecular formula is C16H11F2IN2. The zero-order valence-electron chi connectivity index (χ0n) is 10.9. The third-order valence-corrected chi connectivity index (χ3v) is 4.09. The lowest BCUT2D eigenvalue weighted by molar-refractivity contribution is 0.506. The van der Waals surface area contributed by atoms with Crippen LogP contribution in [0.15, 0.2) is 54.9 Å². The standard InChI is InChI=1S/C16H11F2IN2/c17-14-6-5-11(7-15(14)18)9-21-10-12(8-20-21)13-3-1-2-4-16(13)19/h1-8,10H,9H2. The van der Waals surface area contributed by atoms with Gasteiger partial charge in [-0.05, 0) is 51.9 Å². The van der Waals surface area contributed by atoms with Crippen molar-refractivity contribution in [1.29, 1.82) is 0 Å². The third kappa shape index (κ3) is 3.12. The number of rotatable bonds is 3. The van der Waals surface area contributed by atoms with Gasteiger partial charge in [-0.3, -0.25) is 4.68 Å². The molecule has 3 aromatic rings. The van der Waals surface area contributed by atoms with E-state index in [0.29, 0.717) is 12.1 Å². The molecule has 5 heteroatoms. The number of benzene rings is 2. The van der Waals surface area contributed by atoms with Crippen LogP contribution < -0.4 is 0 Å². The molecule has 0 aliphatic rings. The highest BCUT2D eigenvalue weighted by molar-refractivity contribution is 14.1. The molecule has 2 nitrogen and oxygen atoms in total. The Morgan fingerprint density at radius 3 is 2.62 bits per heavy atom. The highest BCUT2D eigenvalue weighted by Gasteiger charge is 2.07. The van der Waals surface area contributed by atoms with Crippen LogP contribution in [0.1, 0.15) is 5.56 Å². The molecule has 1 heterocycles. The summed E-state index contributed by atoms with van der Waals surface area (Å²) in [6.45, 7) is 0.403. The number of nitrogens with zero attached hydrogens (tertiary/aromatic N) is 2. The van der Waals surface area contributed by atoms with Crippen LogP contribution in [0.3, 0.4) is 0 Å². The molecular weight excluding hydrogens is 385 g/mol. The van der Waals surface area contributed by atoms with Crippen LogP contribution in [0.4, 0.5) is 8.78 Å². The Kier molecular flexibility index (Phi) is 4.01. The van der Waals surface area contributed by atoms with Crippen LogP contribution in [-0.4, -0.2) is 9.78 Å². The minimum atomic E-state index is -0.836. The Labute approximate surface area is 134 Å². The molecule has 0 aliphatic heterocycles. The normalized spacial score (nSPS) is 10.8. The fourth-order valence-electron chi connectivity index (χ4n) is 2.11. The number of aromatic nitrogens is 2. The Bertz CT molecular complexity index is 783. The molecule has 0 amide bonds. The molecule has 106 valence electrons. The third-order valence-electron chi connectivity index (χ3n) is 3.15. The van der Waals surface area contributed by atoms with Crippen LogP contribution >= 0.6 is 22.6 Å². The van der Waals surface area contributed by atoms with Crippen LogP contribution in [0.2, 0.25) is 0 Å². The van der Waals surface area contributed by atoms with Gasteiger partial charge in [0.05, 0.1) is 12.7 Å². The van der Waals surface area contributed by atoms with Crippen molar-refractivity contribution >= 4 is 22.6 Å². The average Bonchev–Trinajstić information content (AvgIpc) is 2.92. The van der Waals surface area contributed by atoms with Crippen molar-refractivity contribution in [2.75, 3.05) is 0 Å². The first-order valence-corrected chi connectivity index (χ1v) is 7.42. The van der Waals surface area contributed by atoms with E-state index in [4.69, 9.17) is 0 Å². The van der Waals surface area contributed by atoms with Gasteiger partial charge in [-0.2, -0.15) is 5.10 Å². The van der Waals surface area contributed by atoms with Crippen molar-refractivity contribution in [2.24, 2.45) is 0 Å². The quantitative estimate of drug-likeness (QED) is 0.597. The summed E-state index contributed by atoms with van der Waals surface area (Å²) in [6.07, 6.45) is 3.68. The van der Waals surface area contributed by atoms with Gasteiger partial charge >= 0.3 is 0 Å².